The molecule has 9 nitrogen and oxygen atoms in total. The fraction of sp³-hybridized carbons (Fsp3) is 0.417. The van der Waals surface area contributed by atoms with Gasteiger partial charge in [-0.05, 0) is 6.42 Å². The predicted molar refractivity (Wildman–Crippen MR) is 74.4 cm³/mol. The number of pyridine rings is 1. The number of nitrogens with zero attached hydrogens (tertiary/aromatic N) is 3. The van der Waals surface area contributed by atoms with Gasteiger partial charge in [-0.15, -0.1) is 0 Å². The average molecular weight is 296 g/mol. The zero-order valence-electron chi connectivity index (χ0n) is 11.7. The number of aromatic carboxylic acids is 1. The maximum Gasteiger partial charge on any atom is 0.339 e. The third-order valence-corrected chi connectivity index (χ3v) is 2.61. The van der Waals surface area contributed by atoms with Gasteiger partial charge < -0.3 is 15.3 Å². The van der Waals surface area contributed by atoms with Gasteiger partial charge in [0.2, 0.25) is 5.91 Å². The number of amides is 1. The van der Waals surface area contributed by atoms with Crippen molar-refractivity contribution in [2.45, 2.75) is 13.3 Å². The number of nitrogens with one attached hydrogen (secondary N) is 1. The van der Waals surface area contributed by atoms with E-state index in [9.17, 15) is 19.7 Å². The van der Waals surface area contributed by atoms with Gasteiger partial charge in [-0.1, -0.05) is 6.92 Å². The summed E-state index contributed by atoms with van der Waals surface area (Å²) in [4.78, 5) is 37.8. The Morgan fingerprint density at radius 2 is 2.19 bits per heavy atom. The number of carbonyl (C=O) groups is 2. The number of carboxylic acid groups (broad SMARTS) is 1. The molecule has 0 radical (unpaired) electrons. The monoisotopic (exact) mass is 296 g/mol. The number of hydrogen-bond donors (Lipinski definition) is 2. The average Bonchev–Trinajstić information content (AvgIpc) is 2.44. The first-order valence-corrected chi connectivity index (χ1v) is 6.22. The van der Waals surface area contributed by atoms with Crippen molar-refractivity contribution in [3.8, 4) is 0 Å². The summed E-state index contributed by atoms with van der Waals surface area (Å²) < 4.78 is 0. The molecule has 0 fully saturated rings. The molecule has 0 aliphatic rings. The molecule has 1 aromatic rings. The van der Waals surface area contributed by atoms with Crippen LogP contribution in [0.3, 0.4) is 0 Å². The first-order chi connectivity index (χ1) is 9.86. The zero-order chi connectivity index (χ0) is 16.0. The molecule has 0 saturated heterocycles. The van der Waals surface area contributed by atoms with Crippen LogP contribution in [0.25, 0.3) is 0 Å². The summed E-state index contributed by atoms with van der Waals surface area (Å²) in [6.07, 6.45) is 1.74. The number of nitro groups is 1. The Balaban J connectivity index is 2.98. The molecule has 0 bridgehead atoms. The highest BCUT2D eigenvalue weighted by Gasteiger charge is 2.21. The van der Waals surface area contributed by atoms with Gasteiger partial charge in [0.15, 0.2) is 0 Å². The highest BCUT2D eigenvalue weighted by Crippen LogP contribution is 2.21. The number of rotatable bonds is 7. The van der Waals surface area contributed by atoms with Gasteiger partial charge in [-0.25, -0.2) is 9.78 Å². The summed E-state index contributed by atoms with van der Waals surface area (Å²) in [6, 6.07) is 0.922. The van der Waals surface area contributed by atoms with Gasteiger partial charge in [0.05, 0.1) is 11.5 Å². The lowest BCUT2D eigenvalue weighted by molar-refractivity contribution is -0.385. The van der Waals surface area contributed by atoms with E-state index in [1.165, 1.54) is 11.9 Å². The Labute approximate surface area is 120 Å². The second kappa shape index (κ2) is 7.17. The van der Waals surface area contributed by atoms with Crippen molar-refractivity contribution in [3.05, 3.63) is 27.9 Å². The van der Waals surface area contributed by atoms with Crippen LogP contribution >= 0.6 is 0 Å². The Hall–Kier alpha value is -2.71. The van der Waals surface area contributed by atoms with Gasteiger partial charge in [0.1, 0.15) is 17.6 Å². The third-order valence-electron chi connectivity index (χ3n) is 2.61. The summed E-state index contributed by atoms with van der Waals surface area (Å²) >= 11 is 0. The molecular formula is C12H16N4O5. The van der Waals surface area contributed by atoms with Crippen LogP contribution in [0.1, 0.15) is 23.7 Å². The molecular weight excluding hydrogens is 280 g/mol. The lowest BCUT2D eigenvalue weighted by Gasteiger charge is -2.19. The molecule has 1 aromatic heterocycles. The van der Waals surface area contributed by atoms with Crippen molar-refractivity contribution in [1.82, 2.24) is 10.3 Å². The van der Waals surface area contributed by atoms with Gasteiger partial charge in [0.25, 0.3) is 5.69 Å². The fourth-order valence-electron chi connectivity index (χ4n) is 1.62. The highest BCUT2D eigenvalue weighted by atomic mass is 16.6. The maximum atomic E-state index is 11.6. The van der Waals surface area contributed by atoms with Crippen LogP contribution in [-0.2, 0) is 4.79 Å². The summed E-state index contributed by atoms with van der Waals surface area (Å²) in [5, 5.41) is 22.4. The van der Waals surface area contributed by atoms with Gasteiger partial charge >= 0.3 is 5.97 Å². The number of likely N-dealkylation sites (N-methyl/N-ethyl adjacent to an activating group) is 1. The second-order valence-corrected chi connectivity index (χ2v) is 4.33. The van der Waals surface area contributed by atoms with Crippen molar-refractivity contribution in [1.29, 1.82) is 0 Å². The number of anilines is 1. The van der Waals surface area contributed by atoms with E-state index in [0.717, 1.165) is 18.7 Å². The van der Waals surface area contributed by atoms with Crippen molar-refractivity contribution in [2.75, 3.05) is 25.0 Å². The molecule has 0 aliphatic carbocycles. The van der Waals surface area contributed by atoms with E-state index < -0.39 is 16.6 Å². The molecule has 0 saturated carbocycles. The van der Waals surface area contributed by atoms with E-state index >= 15 is 0 Å². The minimum Gasteiger partial charge on any atom is -0.478 e. The quantitative estimate of drug-likeness (QED) is 0.558. The number of aromatic nitrogens is 1. The van der Waals surface area contributed by atoms with Crippen LogP contribution < -0.4 is 10.2 Å². The molecule has 0 aromatic carbocycles. The third kappa shape index (κ3) is 4.41. The molecule has 0 aliphatic heterocycles. The molecule has 1 amide bonds. The highest BCUT2D eigenvalue weighted by molar-refractivity contribution is 5.94. The maximum absolute atomic E-state index is 11.6. The first kappa shape index (κ1) is 16.3. The van der Waals surface area contributed by atoms with Crippen LogP contribution in [0.15, 0.2) is 12.3 Å². The largest absolute Gasteiger partial charge is 0.478 e. The molecule has 21 heavy (non-hydrogen) atoms. The van der Waals surface area contributed by atoms with Gasteiger partial charge in [-0.3, -0.25) is 14.9 Å². The van der Waals surface area contributed by atoms with Crippen molar-refractivity contribution in [3.63, 3.8) is 0 Å². The number of carbonyl (C=O) groups excluding carboxylic acids is 1. The van der Waals surface area contributed by atoms with Crippen LogP contribution in [0, 0.1) is 10.1 Å². The molecule has 1 heterocycles. The van der Waals surface area contributed by atoms with E-state index in [4.69, 9.17) is 5.11 Å². The fourth-order valence-corrected chi connectivity index (χ4v) is 1.62. The van der Waals surface area contributed by atoms with E-state index in [0.29, 0.717) is 6.54 Å². The minimum atomic E-state index is -1.35. The minimum absolute atomic E-state index is 0.000233. The Kier molecular flexibility index (Phi) is 5.58. The van der Waals surface area contributed by atoms with E-state index in [1.807, 2.05) is 6.92 Å². The first-order valence-electron chi connectivity index (χ1n) is 6.22. The smallest absolute Gasteiger partial charge is 0.339 e. The standard InChI is InChI=1S/C12H16N4O5/c1-3-4-13-10(17)7-15(2)11-9(12(18)19)5-8(6-14-11)16(20)21/h5-6H,3-4,7H2,1-2H3,(H,13,17)(H,18,19). The molecule has 114 valence electrons. The Morgan fingerprint density at radius 3 is 2.71 bits per heavy atom. The Bertz CT molecular complexity index is 561. The number of carboxylic acids is 1. The van der Waals surface area contributed by atoms with E-state index in [1.54, 1.807) is 0 Å². The zero-order valence-corrected chi connectivity index (χ0v) is 11.7. The Morgan fingerprint density at radius 1 is 1.52 bits per heavy atom. The lowest BCUT2D eigenvalue weighted by Crippen LogP contribution is -2.36. The molecule has 1 rings (SSSR count). The summed E-state index contributed by atoms with van der Waals surface area (Å²) in [5.41, 5.74) is -0.741. The van der Waals surface area contributed by atoms with Crippen LogP contribution in [-0.4, -0.2) is 47.0 Å². The summed E-state index contributed by atoms with van der Waals surface area (Å²) in [6.45, 7) is 2.33. The van der Waals surface area contributed by atoms with Crippen molar-refractivity contribution < 1.29 is 19.6 Å². The predicted octanol–water partition coefficient (Wildman–Crippen LogP) is 0.650. The van der Waals surface area contributed by atoms with Gasteiger partial charge in [0, 0.05) is 19.7 Å². The van der Waals surface area contributed by atoms with Crippen molar-refractivity contribution >= 4 is 23.4 Å². The van der Waals surface area contributed by atoms with E-state index in [-0.39, 0.29) is 23.8 Å². The number of hydrogen-bond acceptors (Lipinski definition) is 6. The summed E-state index contributed by atoms with van der Waals surface area (Å²) in [7, 11) is 1.49. The molecule has 2 N–H and O–H groups in total. The van der Waals surface area contributed by atoms with Gasteiger partial charge in [-0.2, -0.15) is 0 Å². The second-order valence-electron chi connectivity index (χ2n) is 4.33. The van der Waals surface area contributed by atoms with E-state index in [2.05, 4.69) is 10.3 Å². The van der Waals surface area contributed by atoms with Crippen molar-refractivity contribution in [2.24, 2.45) is 0 Å². The molecule has 0 spiro atoms. The molecule has 9 heteroatoms. The SMILES string of the molecule is CCCNC(=O)CN(C)c1ncc([N+](=O)[O-])cc1C(=O)O. The summed E-state index contributed by atoms with van der Waals surface area (Å²) in [5.74, 6) is -1.63. The van der Waals surface area contributed by atoms with Crippen LogP contribution in [0.5, 0.6) is 0 Å². The molecule has 0 unspecified atom stereocenters. The lowest BCUT2D eigenvalue weighted by atomic mass is 10.2. The topological polar surface area (TPSA) is 126 Å². The van der Waals surface area contributed by atoms with Crippen LogP contribution in [0.4, 0.5) is 11.5 Å². The molecule has 0 atom stereocenters. The van der Waals surface area contributed by atoms with Crippen LogP contribution in [0.2, 0.25) is 0 Å². The normalized spacial score (nSPS) is 10.0.